The third kappa shape index (κ3) is 8.96. The summed E-state index contributed by atoms with van der Waals surface area (Å²) in [5, 5.41) is 0. The first kappa shape index (κ1) is 36.5. The molecule has 0 fully saturated rings. The first-order valence-corrected chi connectivity index (χ1v) is 0. The van der Waals surface area contributed by atoms with Crippen molar-refractivity contribution < 1.29 is 52.7 Å². The van der Waals surface area contributed by atoms with Gasteiger partial charge in [0, 0.05) is 0 Å². The summed E-state index contributed by atoms with van der Waals surface area (Å²) in [6, 6.07) is 0. The molecular formula is CeMgO2+. The molecule has 0 aliphatic heterocycles. The monoisotopic (exact) mass is 196 g/mol. The predicted molar refractivity (Wildman–Crippen MR) is 7.13 cm³/mol. The standard InChI is InChI=1S/Ce.Mg.2O/q+3;+2;2*-2. The van der Waals surface area contributed by atoms with Gasteiger partial charge in [0.15, 0.2) is 0 Å². The Morgan fingerprint density at radius 2 is 0.750 bits per heavy atom. The van der Waals surface area contributed by atoms with E-state index in [0.717, 1.165) is 0 Å². The molecule has 4 heteroatoms. The summed E-state index contributed by atoms with van der Waals surface area (Å²) >= 11 is 0. The van der Waals surface area contributed by atoms with Gasteiger partial charge in [0.05, 0.1) is 0 Å². The van der Waals surface area contributed by atoms with E-state index in [1.165, 1.54) is 0 Å². The molecule has 0 spiro atoms. The summed E-state index contributed by atoms with van der Waals surface area (Å²) in [7, 11) is 0. The van der Waals surface area contributed by atoms with Crippen molar-refractivity contribution in [2.45, 2.75) is 0 Å². The maximum Gasteiger partial charge on any atom is 3.00 e. The van der Waals surface area contributed by atoms with Crippen LogP contribution >= 0.6 is 0 Å². The Bertz CT molecular complexity index is 6.00. The van der Waals surface area contributed by atoms with E-state index >= 15 is 0 Å². The zero-order valence-corrected chi connectivity index (χ0v) is 6.58. The Labute approximate surface area is 74.5 Å². The Morgan fingerprint density at radius 3 is 0.750 bits per heavy atom. The summed E-state index contributed by atoms with van der Waals surface area (Å²) < 4.78 is 0. The van der Waals surface area contributed by atoms with Crippen LogP contribution in [0.5, 0.6) is 0 Å². The van der Waals surface area contributed by atoms with E-state index in [2.05, 4.69) is 0 Å². The zero-order valence-electron chi connectivity index (χ0n) is 2.02. The van der Waals surface area contributed by atoms with Crippen molar-refractivity contribution in [1.82, 2.24) is 0 Å². The average Bonchev–Trinajstić information content (AvgIpc) is 0. The Morgan fingerprint density at radius 1 is 0.750 bits per heavy atom. The van der Waals surface area contributed by atoms with Crippen molar-refractivity contribution >= 4 is 23.1 Å². The van der Waals surface area contributed by atoms with Gasteiger partial charge in [-0.1, -0.05) is 0 Å². The van der Waals surface area contributed by atoms with Crippen LogP contribution in [0.4, 0.5) is 0 Å². The molecule has 17 valence electrons. The third-order valence-electron chi connectivity index (χ3n) is 0. The minimum absolute atomic E-state index is 0. The van der Waals surface area contributed by atoms with E-state index < -0.39 is 0 Å². The molecule has 1 radical (unpaired) electrons. The van der Waals surface area contributed by atoms with Crippen molar-refractivity contribution in [3.8, 4) is 0 Å². The van der Waals surface area contributed by atoms with E-state index in [1.54, 1.807) is 0 Å². The van der Waals surface area contributed by atoms with Crippen LogP contribution in [-0.4, -0.2) is 23.1 Å². The molecule has 2 nitrogen and oxygen atoms in total. The SMILES string of the molecule is [Ce+3].[Mg+2].[O-2].[O-2]. The summed E-state index contributed by atoms with van der Waals surface area (Å²) in [6.45, 7) is 0. The minimum atomic E-state index is 0. The Hall–Kier alpha value is 2.06. The molecule has 0 rings (SSSR count). The van der Waals surface area contributed by atoms with E-state index in [4.69, 9.17) is 0 Å². The van der Waals surface area contributed by atoms with Crippen molar-refractivity contribution in [1.29, 1.82) is 0 Å². The molecule has 0 N–H and O–H groups in total. The molecule has 0 heterocycles. The van der Waals surface area contributed by atoms with E-state index in [9.17, 15) is 0 Å². The van der Waals surface area contributed by atoms with E-state index in [0.29, 0.717) is 0 Å². The summed E-state index contributed by atoms with van der Waals surface area (Å²) in [5.74, 6) is 0. The molecule has 0 saturated carbocycles. The van der Waals surface area contributed by atoms with Crippen molar-refractivity contribution in [2.75, 3.05) is 0 Å². The van der Waals surface area contributed by atoms with Gasteiger partial charge in [-0.15, -0.1) is 0 Å². The van der Waals surface area contributed by atoms with E-state index in [1.807, 2.05) is 0 Å². The molecular weight excluding hydrogens is 196 g/mol. The summed E-state index contributed by atoms with van der Waals surface area (Å²) in [6.07, 6.45) is 0. The molecule has 0 bridgehead atoms. The predicted octanol–water partition coefficient (Wildman–Crippen LogP) is -0.618. The van der Waals surface area contributed by atoms with Crippen LogP contribution in [0.25, 0.3) is 0 Å². The molecule has 0 aromatic heterocycles. The van der Waals surface area contributed by atoms with Crippen LogP contribution in [0.2, 0.25) is 0 Å². The van der Waals surface area contributed by atoms with E-state index in [-0.39, 0.29) is 75.8 Å². The van der Waals surface area contributed by atoms with Gasteiger partial charge in [-0.2, -0.15) is 0 Å². The molecule has 0 aromatic rings. The molecule has 0 aliphatic rings. The fourth-order valence-electron chi connectivity index (χ4n) is 0. The van der Waals surface area contributed by atoms with Crippen LogP contribution in [0.1, 0.15) is 0 Å². The molecule has 0 atom stereocenters. The molecule has 0 unspecified atom stereocenters. The zero-order chi connectivity index (χ0) is 0. The normalized spacial score (nSPS) is 0. The fourth-order valence-corrected chi connectivity index (χ4v) is 0. The van der Waals surface area contributed by atoms with Crippen LogP contribution < -0.4 is 0 Å². The van der Waals surface area contributed by atoms with Gasteiger partial charge >= 0.3 is 64.8 Å². The van der Waals surface area contributed by atoms with Crippen molar-refractivity contribution in [2.24, 2.45) is 0 Å². The minimum Gasteiger partial charge on any atom is -2.00 e. The first-order valence-electron chi connectivity index (χ1n) is 0. The molecule has 0 amide bonds. The third-order valence-corrected chi connectivity index (χ3v) is 0. The Balaban J connectivity index is 0. The second kappa shape index (κ2) is 19.6. The van der Waals surface area contributed by atoms with Gasteiger partial charge in [0.25, 0.3) is 0 Å². The average molecular weight is 196 g/mol. The van der Waals surface area contributed by atoms with Gasteiger partial charge in [-0.3, -0.25) is 0 Å². The van der Waals surface area contributed by atoms with Crippen LogP contribution in [-0.2, 0) is 11.0 Å². The largest absolute Gasteiger partial charge is 3.00 e. The van der Waals surface area contributed by atoms with Crippen molar-refractivity contribution in [3.05, 3.63) is 0 Å². The first-order chi connectivity index (χ1) is 0. The molecule has 0 saturated heterocycles. The van der Waals surface area contributed by atoms with Gasteiger partial charge < -0.3 is 11.0 Å². The van der Waals surface area contributed by atoms with Crippen LogP contribution in [0, 0.1) is 41.7 Å². The van der Waals surface area contributed by atoms with Crippen molar-refractivity contribution in [3.63, 3.8) is 0 Å². The van der Waals surface area contributed by atoms with Crippen LogP contribution in [0.15, 0.2) is 0 Å². The number of hydrogen-bond acceptors (Lipinski definition) is 0. The number of rotatable bonds is 0. The maximum atomic E-state index is 0. The number of hydrogen-bond donors (Lipinski definition) is 0. The topological polar surface area (TPSA) is 57.0 Å². The fraction of sp³-hybridized carbons (Fsp3) is 0. The van der Waals surface area contributed by atoms with Gasteiger partial charge in [-0.25, -0.2) is 0 Å². The van der Waals surface area contributed by atoms with Gasteiger partial charge in [-0.05, 0) is 0 Å². The quantitative estimate of drug-likeness (QED) is 0.464. The molecule has 0 aromatic carbocycles. The van der Waals surface area contributed by atoms with Gasteiger partial charge in [0.2, 0.25) is 0 Å². The Kier molecular flexibility index (Phi) is 179. The second-order valence-electron chi connectivity index (χ2n) is 0. The summed E-state index contributed by atoms with van der Waals surface area (Å²) in [5.41, 5.74) is 0. The van der Waals surface area contributed by atoms with Gasteiger partial charge in [0.1, 0.15) is 0 Å². The maximum absolute atomic E-state index is 0. The molecule has 4 heavy (non-hydrogen) atoms. The smallest absolute Gasteiger partial charge is 2.00 e. The van der Waals surface area contributed by atoms with Crippen LogP contribution in [0.3, 0.4) is 0 Å². The molecule has 0 aliphatic carbocycles. The second-order valence-corrected chi connectivity index (χ2v) is 0. The summed E-state index contributed by atoms with van der Waals surface area (Å²) in [4.78, 5) is 0.